The molecule has 0 spiro atoms. The minimum atomic E-state index is -4.07. The van der Waals surface area contributed by atoms with Crippen LogP contribution < -0.4 is 0 Å². The number of amides is 1. The zero-order valence-electron chi connectivity index (χ0n) is 16.7. The highest BCUT2D eigenvalue weighted by molar-refractivity contribution is 7.89. The molecule has 3 atom stereocenters. The van der Waals surface area contributed by atoms with Crippen molar-refractivity contribution in [2.24, 2.45) is 5.92 Å². The number of sulfonamides is 1. The van der Waals surface area contributed by atoms with Gasteiger partial charge in [-0.3, -0.25) is 9.78 Å². The van der Waals surface area contributed by atoms with Crippen LogP contribution in [0.2, 0.25) is 10.0 Å². The van der Waals surface area contributed by atoms with Gasteiger partial charge in [-0.2, -0.15) is 4.31 Å². The molecule has 2 fully saturated rings. The van der Waals surface area contributed by atoms with Crippen LogP contribution in [0.4, 0.5) is 0 Å². The summed E-state index contributed by atoms with van der Waals surface area (Å²) in [5.74, 6) is -0.689. The van der Waals surface area contributed by atoms with Crippen LogP contribution in [0.15, 0.2) is 47.5 Å². The Morgan fingerprint density at radius 3 is 2.52 bits per heavy atom. The summed E-state index contributed by atoms with van der Waals surface area (Å²) in [6.07, 6.45) is 3.34. The first-order valence-electron chi connectivity index (χ1n) is 10.1. The topological polar surface area (TPSA) is 90.8 Å². The lowest BCUT2D eigenvalue weighted by atomic mass is 9.91. The number of piperidine rings is 1. The first-order valence-corrected chi connectivity index (χ1v) is 12.3. The largest absolute Gasteiger partial charge is 0.396 e. The van der Waals surface area contributed by atoms with Crippen molar-refractivity contribution in [3.8, 4) is 0 Å². The van der Waals surface area contributed by atoms with E-state index >= 15 is 0 Å². The SMILES string of the molecule is O=C1[C@@H]2CCC[C@@H]([C@@H](CO)CN1Cc1ccccn1)N2S(=O)(=O)c1cc(Cl)cc(Cl)c1. The van der Waals surface area contributed by atoms with E-state index < -0.39 is 28.0 Å². The van der Waals surface area contributed by atoms with Gasteiger partial charge in [0.25, 0.3) is 0 Å². The molecule has 1 N–H and O–H groups in total. The van der Waals surface area contributed by atoms with Crippen LogP contribution in [0.25, 0.3) is 0 Å². The maximum absolute atomic E-state index is 13.7. The van der Waals surface area contributed by atoms with Gasteiger partial charge in [-0.15, -0.1) is 0 Å². The molecule has 166 valence electrons. The first-order chi connectivity index (χ1) is 14.8. The van der Waals surface area contributed by atoms with E-state index in [0.717, 1.165) is 0 Å². The number of carbonyl (C=O) groups excluding carboxylic acids is 1. The average molecular weight is 484 g/mol. The highest BCUT2D eigenvalue weighted by atomic mass is 35.5. The molecule has 31 heavy (non-hydrogen) atoms. The molecule has 2 aliphatic rings. The number of benzene rings is 1. The molecular weight excluding hydrogens is 461 g/mol. The standard InChI is InChI=1S/C21H23Cl2N3O4S/c22-15-8-16(23)10-18(9-15)31(29,30)26-19-5-3-6-20(26)21(28)25(11-14(19)13-27)12-17-4-1-2-7-24-17/h1-2,4,7-10,14,19-20,27H,3,5-6,11-13H2/t14-,19+,20+/m1/s1. The van der Waals surface area contributed by atoms with Crippen LogP contribution in [0.5, 0.6) is 0 Å². The minimum Gasteiger partial charge on any atom is -0.396 e. The summed E-state index contributed by atoms with van der Waals surface area (Å²) in [4.78, 5) is 19.4. The lowest BCUT2D eigenvalue weighted by Crippen LogP contribution is -2.55. The molecule has 1 amide bonds. The number of aliphatic hydroxyl groups is 1. The van der Waals surface area contributed by atoms with E-state index in [0.29, 0.717) is 25.0 Å². The molecule has 0 saturated carbocycles. The third-order valence-electron chi connectivity index (χ3n) is 5.93. The van der Waals surface area contributed by atoms with Gasteiger partial charge in [0, 0.05) is 41.4 Å². The van der Waals surface area contributed by atoms with Crippen molar-refractivity contribution in [2.75, 3.05) is 13.2 Å². The third kappa shape index (κ3) is 4.45. The van der Waals surface area contributed by atoms with Gasteiger partial charge in [-0.1, -0.05) is 29.3 Å². The van der Waals surface area contributed by atoms with Crippen LogP contribution in [0, 0.1) is 5.92 Å². The summed E-state index contributed by atoms with van der Waals surface area (Å²) in [5.41, 5.74) is 0.708. The van der Waals surface area contributed by atoms with Gasteiger partial charge in [0.2, 0.25) is 15.9 Å². The summed E-state index contributed by atoms with van der Waals surface area (Å²) < 4.78 is 28.6. The van der Waals surface area contributed by atoms with Gasteiger partial charge in [-0.05, 0) is 49.6 Å². The highest BCUT2D eigenvalue weighted by Crippen LogP contribution is 2.38. The molecule has 0 radical (unpaired) electrons. The van der Waals surface area contributed by atoms with Crippen molar-refractivity contribution >= 4 is 39.1 Å². The Kier molecular flexibility index (Phi) is 6.55. The zero-order chi connectivity index (χ0) is 22.2. The van der Waals surface area contributed by atoms with E-state index in [1.54, 1.807) is 17.2 Å². The van der Waals surface area contributed by atoms with E-state index in [-0.39, 0.29) is 40.5 Å². The number of halogens is 2. The number of carbonyl (C=O) groups is 1. The number of hydrogen-bond donors (Lipinski definition) is 1. The summed E-state index contributed by atoms with van der Waals surface area (Å²) in [6.45, 7) is 0.289. The normalized spacial score (nSPS) is 24.8. The molecule has 2 aromatic rings. The molecule has 2 bridgehead atoms. The van der Waals surface area contributed by atoms with Gasteiger partial charge < -0.3 is 10.0 Å². The van der Waals surface area contributed by atoms with Crippen molar-refractivity contribution in [3.63, 3.8) is 0 Å². The van der Waals surface area contributed by atoms with Crippen LogP contribution >= 0.6 is 23.2 Å². The summed E-state index contributed by atoms with van der Waals surface area (Å²) in [7, 11) is -4.07. The Morgan fingerprint density at radius 2 is 1.87 bits per heavy atom. The van der Waals surface area contributed by atoms with E-state index in [1.807, 2.05) is 12.1 Å². The molecular formula is C21H23Cl2N3O4S. The van der Waals surface area contributed by atoms with Crippen molar-refractivity contribution < 1.29 is 18.3 Å². The Balaban J connectivity index is 1.75. The lowest BCUT2D eigenvalue weighted by Gasteiger charge is -2.40. The number of hydrogen-bond acceptors (Lipinski definition) is 5. The lowest BCUT2D eigenvalue weighted by molar-refractivity contribution is -0.135. The fraction of sp³-hybridized carbons (Fsp3) is 0.429. The van der Waals surface area contributed by atoms with Crippen molar-refractivity contribution in [1.82, 2.24) is 14.2 Å². The second kappa shape index (κ2) is 9.03. The van der Waals surface area contributed by atoms with Crippen molar-refractivity contribution in [1.29, 1.82) is 0 Å². The molecule has 4 rings (SSSR count). The monoisotopic (exact) mass is 483 g/mol. The van der Waals surface area contributed by atoms with Gasteiger partial charge in [0.15, 0.2) is 0 Å². The Labute approximate surface area is 191 Å². The smallest absolute Gasteiger partial charge is 0.244 e. The maximum Gasteiger partial charge on any atom is 0.244 e. The van der Waals surface area contributed by atoms with Gasteiger partial charge in [0.1, 0.15) is 6.04 Å². The molecule has 1 aromatic carbocycles. The van der Waals surface area contributed by atoms with Crippen molar-refractivity contribution in [2.45, 2.75) is 42.8 Å². The molecule has 10 heteroatoms. The molecule has 2 aliphatic heterocycles. The van der Waals surface area contributed by atoms with Crippen LogP contribution in [0.1, 0.15) is 25.0 Å². The maximum atomic E-state index is 13.7. The van der Waals surface area contributed by atoms with E-state index in [9.17, 15) is 18.3 Å². The molecule has 0 unspecified atom stereocenters. The zero-order valence-corrected chi connectivity index (χ0v) is 19.0. The average Bonchev–Trinajstić information content (AvgIpc) is 2.81. The number of pyridine rings is 1. The Hall–Kier alpha value is -1.71. The van der Waals surface area contributed by atoms with Gasteiger partial charge in [-0.25, -0.2) is 8.42 Å². The van der Waals surface area contributed by atoms with Crippen molar-refractivity contribution in [3.05, 3.63) is 58.3 Å². The third-order valence-corrected chi connectivity index (χ3v) is 8.28. The van der Waals surface area contributed by atoms with Gasteiger partial charge >= 0.3 is 0 Å². The summed E-state index contributed by atoms with van der Waals surface area (Å²) >= 11 is 12.1. The second-order valence-corrected chi connectivity index (χ2v) is 10.7. The van der Waals surface area contributed by atoms with E-state index in [2.05, 4.69) is 4.98 Å². The highest BCUT2D eigenvalue weighted by Gasteiger charge is 2.50. The number of aliphatic hydroxyl groups excluding tert-OH is 1. The number of rotatable bonds is 5. The van der Waals surface area contributed by atoms with E-state index in [4.69, 9.17) is 23.2 Å². The fourth-order valence-electron chi connectivity index (χ4n) is 4.54. The molecule has 1 aromatic heterocycles. The summed E-state index contributed by atoms with van der Waals surface area (Å²) in [6, 6.07) is 8.25. The predicted octanol–water partition coefficient (Wildman–Crippen LogP) is 2.95. The number of nitrogens with zero attached hydrogens (tertiary/aromatic N) is 3. The number of aromatic nitrogens is 1. The Bertz CT molecular complexity index is 1050. The van der Waals surface area contributed by atoms with E-state index in [1.165, 1.54) is 22.5 Å². The molecule has 0 aliphatic carbocycles. The van der Waals surface area contributed by atoms with Crippen LogP contribution in [-0.2, 0) is 21.4 Å². The minimum absolute atomic E-state index is 0.0513. The fourth-order valence-corrected chi connectivity index (χ4v) is 7.16. The second-order valence-electron chi connectivity index (χ2n) is 7.94. The Morgan fingerprint density at radius 1 is 1.13 bits per heavy atom. The predicted molar refractivity (Wildman–Crippen MR) is 117 cm³/mol. The molecule has 2 saturated heterocycles. The van der Waals surface area contributed by atoms with Gasteiger partial charge in [0.05, 0.1) is 17.1 Å². The molecule has 3 heterocycles. The first kappa shape index (κ1) is 22.5. The molecule has 7 nitrogen and oxygen atoms in total. The quantitative estimate of drug-likeness (QED) is 0.705. The number of fused-ring (bicyclic) bond motifs is 2. The summed E-state index contributed by atoms with van der Waals surface area (Å²) in [5, 5.41) is 10.5. The van der Waals surface area contributed by atoms with Crippen LogP contribution in [-0.4, -0.2) is 58.9 Å². The van der Waals surface area contributed by atoms with Crippen LogP contribution in [0.3, 0.4) is 0 Å².